The molecule has 5 nitrogen and oxygen atoms in total. The Balaban J connectivity index is 1.94. The van der Waals surface area contributed by atoms with Crippen LogP contribution in [0.25, 0.3) is 6.08 Å². The molecular formula is C18H15NO4. The van der Waals surface area contributed by atoms with E-state index in [0.717, 1.165) is 17.7 Å². The lowest BCUT2D eigenvalue weighted by Crippen LogP contribution is -2.14. The van der Waals surface area contributed by atoms with Crippen molar-refractivity contribution in [2.24, 2.45) is 0 Å². The van der Waals surface area contributed by atoms with Gasteiger partial charge in [-0.15, -0.1) is 0 Å². The number of ether oxygens (including phenoxy) is 1. The van der Waals surface area contributed by atoms with Gasteiger partial charge in [0.1, 0.15) is 5.75 Å². The second-order valence-electron chi connectivity index (χ2n) is 5.37. The zero-order valence-electron chi connectivity index (χ0n) is 12.6. The third kappa shape index (κ3) is 2.99. The van der Waals surface area contributed by atoms with Gasteiger partial charge in [-0.05, 0) is 48.2 Å². The number of rotatable bonds is 3. The molecule has 0 aliphatic heterocycles. The molecule has 0 N–H and O–H groups in total. The maximum absolute atomic E-state index is 12.6. The molecule has 0 heterocycles. The fraction of sp³-hybridized carbons (Fsp3) is 0.167. The summed E-state index contributed by atoms with van der Waals surface area (Å²) in [7, 11) is 1.60. The van der Waals surface area contributed by atoms with E-state index in [9.17, 15) is 14.9 Å². The van der Waals surface area contributed by atoms with E-state index in [-0.39, 0.29) is 11.5 Å². The van der Waals surface area contributed by atoms with Gasteiger partial charge in [0.2, 0.25) is 0 Å². The number of fused-ring (bicyclic) bond motifs is 1. The Morgan fingerprint density at radius 3 is 2.74 bits per heavy atom. The van der Waals surface area contributed by atoms with E-state index in [1.807, 2.05) is 6.07 Å². The number of nitro groups is 1. The number of ketones is 1. The van der Waals surface area contributed by atoms with Crippen LogP contribution in [0.2, 0.25) is 0 Å². The van der Waals surface area contributed by atoms with Gasteiger partial charge in [0.15, 0.2) is 5.78 Å². The van der Waals surface area contributed by atoms with Crippen LogP contribution < -0.4 is 4.74 Å². The van der Waals surface area contributed by atoms with E-state index in [2.05, 4.69) is 0 Å². The minimum Gasteiger partial charge on any atom is -0.497 e. The number of allylic oxidation sites excluding steroid dienone is 1. The zero-order valence-corrected chi connectivity index (χ0v) is 12.6. The first-order valence-electron chi connectivity index (χ1n) is 7.25. The zero-order chi connectivity index (χ0) is 16.4. The van der Waals surface area contributed by atoms with Crippen molar-refractivity contribution < 1.29 is 14.5 Å². The van der Waals surface area contributed by atoms with Crippen LogP contribution in [-0.4, -0.2) is 17.8 Å². The quantitative estimate of drug-likeness (QED) is 0.491. The summed E-state index contributed by atoms with van der Waals surface area (Å²) in [5.74, 6) is 0.711. The summed E-state index contributed by atoms with van der Waals surface area (Å²) in [6.07, 6.45) is 3.10. The van der Waals surface area contributed by atoms with Crippen molar-refractivity contribution in [1.82, 2.24) is 0 Å². The Bertz CT molecular complexity index is 824. The smallest absolute Gasteiger partial charge is 0.270 e. The Morgan fingerprint density at radius 2 is 2.00 bits per heavy atom. The molecule has 1 aliphatic carbocycles. The molecule has 5 heteroatoms. The second-order valence-corrected chi connectivity index (χ2v) is 5.37. The molecule has 1 aliphatic rings. The van der Waals surface area contributed by atoms with Gasteiger partial charge < -0.3 is 4.74 Å². The maximum atomic E-state index is 12.6. The normalized spacial score (nSPS) is 15.3. The van der Waals surface area contributed by atoms with Crippen LogP contribution >= 0.6 is 0 Å². The van der Waals surface area contributed by atoms with Crippen molar-refractivity contribution in [1.29, 1.82) is 0 Å². The van der Waals surface area contributed by atoms with Crippen LogP contribution in [-0.2, 0) is 6.42 Å². The van der Waals surface area contributed by atoms with E-state index in [1.54, 1.807) is 37.5 Å². The highest BCUT2D eigenvalue weighted by Crippen LogP contribution is 2.29. The number of benzene rings is 2. The minimum absolute atomic E-state index is 0.0211. The van der Waals surface area contributed by atoms with Gasteiger partial charge in [-0.1, -0.05) is 12.1 Å². The first-order chi connectivity index (χ1) is 11.1. The molecule has 23 heavy (non-hydrogen) atoms. The number of hydrogen-bond donors (Lipinski definition) is 0. The van der Waals surface area contributed by atoms with Gasteiger partial charge in [0.25, 0.3) is 5.69 Å². The Kier molecular flexibility index (Phi) is 3.93. The number of carbonyl (C=O) groups excluding carboxylic acids is 1. The van der Waals surface area contributed by atoms with Crippen LogP contribution in [0.15, 0.2) is 48.0 Å². The van der Waals surface area contributed by atoms with Gasteiger partial charge in [-0.2, -0.15) is 0 Å². The molecule has 0 unspecified atom stereocenters. The number of aryl methyl sites for hydroxylation is 1. The average Bonchev–Trinajstić information content (AvgIpc) is 2.57. The molecule has 116 valence electrons. The van der Waals surface area contributed by atoms with Crippen LogP contribution in [0.3, 0.4) is 0 Å². The Labute approximate surface area is 133 Å². The lowest BCUT2D eigenvalue weighted by Gasteiger charge is -2.18. The van der Waals surface area contributed by atoms with Crippen LogP contribution in [0.4, 0.5) is 5.69 Å². The van der Waals surface area contributed by atoms with E-state index in [0.29, 0.717) is 23.1 Å². The molecule has 0 aromatic heterocycles. The third-order valence-electron chi connectivity index (χ3n) is 3.93. The Morgan fingerprint density at radius 1 is 1.17 bits per heavy atom. The number of nitro benzene ring substituents is 1. The highest BCUT2D eigenvalue weighted by atomic mass is 16.6. The second kappa shape index (κ2) is 6.04. The van der Waals surface area contributed by atoms with Gasteiger partial charge in [-0.3, -0.25) is 14.9 Å². The lowest BCUT2D eigenvalue weighted by atomic mass is 9.86. The number of non-ortho nitro benzene ring substituents is 1. The molecule has 3 rings (SSSR count). The third-order valence-corrected chi connectivity index (χ3v) is 3.93. The van der Waals surface area contributed by atoms with Gasteiger partial charge in [0, 0.05) is 23.3 Å². The first kappa shape index (κ1) is 15.0. The highest BCUT2D eigenvalue weighted by molar-refractivity contribution is 6.13. The molecule has 0 spiro atoms. The summed E-state index contributed by atoms with van der Waals surface area (Å²) in [5.41, 5.74) is 3.01. The largest absolute Gasteiger partial charge is 0.497 e. The first-order valence-corrected chi connectivity index (χ1v) is 7.25. The molecule has 0 saturated carbocycles. The van der Waals surface area contributed by atoms with Crippen molar-refractivity contribution in [2.75, 3.05) is 7.11 Å². The highest BCUT2D eigenvalue weighted by Gasteiger charge is 2.22. The minimum atomic E-state index is -0.438. The van der Waals surface area contributed by atoms with Crippen LogP contribution in [0.5, 0.6) is 5.75 Å². The molecule has 0 bridgehead atoms. The van der Waals surface area contributed by atoms with Crippen LogP contribution in [0, 0.1) is 10.1 Å². The number of methoxy groups -OCH3 is 1. The molecule has 0 atom stereocenters. The van der Waals surface area contributed by atoms with E-state index in [1.165, 1.54) is 12.1 Å². The SMILES string of the molecule is COc1ccc2c(c1)CCC(=Cc1cccc([N+](=O)[O-])c1)C2=O. The van der Waals surface area contributed by atoms with Crippen molar-refractivity contribution in [2.45, 2.75) is 12.8 Å². The topological polar surface area (TPSA) is 69.4 Å². The van der Waals surface area contributed by atoms with Gasteiger partial charge in [0.05, 0.1) is 12.0 Å². The summed E-state index contributed by atoms with van der Waals surface area (Å²) in [6.45, 7) is 0. The number of hydrogen-bond acceptors (Lipinski definition) is 4. The van der Waals surface area contributed by atoms with Crippen LogP contribution in [0.1, 0.15) is 27.9 Å². The van der Waals surface area contributed by atoms with Crippen molar-refractivity contribution >= 4 is 17.5 Å². The van der Waals surface area contributed by atoms with E-state index >= 15 is 0 Å². The summed E-state index contributed by atoms with van der Waals surface area (Å²) in [5, 5.41) is 10.8. The van der Waals surface area contributed by atoms with E-state index in [4.69, 9.17) is 4.74 Å². The fourth-order valence-corrected chi connectivity index (χ4v) is 2.75. The molecule has 0 fully saturated rings. The average molecular weight is 309 g/mol. The molecule has 2 aromatic rings. The fourth-order valence-electron chi connectivity index (χ4n) is 2.75. The van der Waals surface area contributed by atoms with Gasteiger partial charge >= 0.3 is 0 Å². The summed E-state index contributed by atoms with van der Waals surface area (Å²) < 4.78 is 5.18. The molecule has 0 saturated heterocycles. The predicted molar refractivity (Wildman–Crippen MR) is 86.7 cm³/mol. The molecular weight excluding hydrogens is 294 g/mol. The van der Waals surface area contributed by atoms with E-state index < -0.39 is 4.92 Å². The monoisotopic (exact) mass is 309 g/mol. The van der Waals surface area contributed by atoms with Crippen molar-refractivity contribution in [3.63, 3.8) is 0 Å². The molecule has 2 aromatic carbocycles. The number of Topliss-reactive ketones (excluding diaryl/α,β-unsaturated/α-hetero) is 1. The lowest BCUT2D eigenvalue weighted by molar-refractivity contribution is -0.384. The molecule has 0 amide bonds. The standard InChI is InChI=1S/C18H15NO4/c1-23-16-7-8-17-13(11-16)5-6-14(18(17)20)9-12-3-2-4-15(10-12)19(21)22/h2-4,7-11H,5-6H2,1H3. The maximum Gasteiger partial charge on any atom is 0.270 e. The number of nitrogens with zero attached hydrogens (tertiary/aromatic N) is 1. The Hall–Kier alpha value is -2.95. The number of carbonyl (C=O) groups is 1. The summed E-state index contributed by atoms with van der Waals surface area (Å²) in [4.78, 5) is 23.0. The predicted octanol–water partition coefficient (Wildman–Crippen LogP) is 3.82. The summed E-state index contributed by atoms with van der Waals surface area (Å²) >= 11 is 0. The summed E-state index contributed by atoms with van der Waals surface area (Å²) in [6, 6.07) is 11.7. The molecule has 0 radical (unpaired) electrons. The van der Waals surface area contributed by atoms with Crippen molar-refractivity contribution in [3.05, 3.63) is 74.8 Å². The van der Waals surface area contributed by atoms with Crippen molar-refractivity contribution in [3.8, 4) is 5.75 Å². The van der Waals surface area contributed by atoms with Gasteiger partial charge in [-0.25, -0.2) is 0 Å².